The molecule has 0 radical (unpaired) electrons. The van der Waals surface area contributed by atoms with Gasteiger partial charge in [0, 0.05) is 67.6 Å². The maximum absolute atomic E-state index is 14.7. The summed E-state index contributed by atoms with van der Waals surface area (Å²) in [5.41, 5.74) is 4.74. The quantitative estimate of drug-likeness (QED) is 0.0722. The van der Waals surface area contributed by atoms with E-state index in [-0.39, 0.29) is 40.1 Å². The van der Waals surface area contributed by atoms with Crippen LogP contribution in [0.2, 0.25) is 0 Å². The van der Waals surface area contributed by atoms with Crippen LogP contribution in [0.25, 0.3) is 11.0 Å². The number of anilines is 4. The molecule has 18 heteroatoms. The number of benzene rings is 3. The highest BCUT2D eigenvalue weighted by Gasteiger charge is 2.51. The van der Waals surface area contributed by atoms with Crippen LogP contribution in [-0.2, 0) is 19.5 Å². The lowest BCUT2D eigenvalue weighted by Gasteiger charge is -2.57. The Bertz CT molecular complexity index is 3010. The lowest BCUT2D eigenvalue weighted by molar-refractivity contribution is -0.384. The first-order valence-corrected chi connectivity index (χ1v) is 27.5. The molecule has 1 spiro atoms. The molecule has 3 saturated heterocycles. The van der Waals surface area contributed by atoms with Crippen molar-refractivity contribution in [2.75, 3.05) is 67.7 Å². The van der Waals surface area contributed by atoms with Crippen LogP contribution in [0, 0.1) is 33.8 Å². The van der Waals surface area contributed by atoms with Gasteiger partial charge in [0.05, 0.1) is 58.6 Å². The Morgan fingerprint density at radius 2 is 1.73 bits per heavy atom. The summed E-state index contributed by atoms with van der Waals surface area (Å²) in [7, 11) is -4.62. The molecule has 3 atom stereocenters. The van der Waals surface area contributed by atoms with Crippen LogP contribution in [0.4, 0.5) is 28.4 Å². The minimum absolute atomic E-state index is 0.0359. The van der Waals surface area contributed by atoms with Gasteiger partial charge in [-0.25, -0.2) is 13.1 Å². The predicted octanol–water partition coefficient (Wildman–Crippen LogP) is 8.79. The summed E-state index contributed by atoms with van der Waals surface area (Å²) in [6.07, 6.45) is 9.03. The molecule has 3 aromatic carbocycles. The Morgan fingerprint density at radius 1 is 0.945 bits per heavy atom. The van der Waals surface area contributed by atoms with E-state index >= 15 is 0 Å². The van der Waals surface area contributed by atoms with E-state index in [0.717, 1.165) is 81.9 Å². The Hall–Kier alpha value is -5.79. The topological polar surface area (TPSA) is 205 Å². The summed E-state index contributed by atoms with van der Waals surface area (Å²) < 4.78 is 49.5. The number of ether oxygens (including phenoxy) is 3. The van der Waals surface area contributed by atoms with E-state index in [1.807, 2.05) is 37.4 Å². The fourth-order valence-corrected chi connectivity index (χ4v) is 13.6. The molecule has 6 heterocycles. The van der Waals surface area contributed by atoms with Crippen molar-refractivity contribution in [3.63, 3.8) is 0 Å². The van der Waals surface area contributed by atoms with E-state index in [2.05, 4.69) is 74.8 Å². The van der Waals surface area contributed by atoms with E-state index in [0.29, 0.717) is 74.6 Å². The fraction of sp³-hybridized carbons (Fsp3) is 0.527. The zero-order valence-corrected chi connectivity index (χ0v) is 43.1. The van der Waals surface area contributed by atoms with Crippen LogP contribution in [0.3, 0.4) is 0 Å². The summed E-state index contributed by atoms with van der Waals surface area (Å²) in [6, 6.07) is 22.2. The van der Waals surface area contributed by atoms with E-state index in [1.165, 1.54) is 23.3 Å². The first kappa shape index (κ1) is 49.4. The van der Waals surface area contributed by atoms with Gasteiger partial charge < -0.3 is 39.4 Å². The second-order valence-electron chi connectivity index (χ2n) is 22.9. The number of rotatable bonds is 11. The molecule has 388 valence electrons. The number of nitro groups is 1. The number of carbonyl (C=O) groups is 1. The highest BCUT2D eigenvalue weighted by atomic mass is 32.2. The number of aromatic nitrogens is 2. The number of nitro benzene ring substituents is 1. The van der Waals surface area contributed by atoms with Gasteiger partial charge in [0.25, 0.3) is 21.6 Å². The zero-order valence-electron chi connectivity index (χ0n) is 42.3. The molecular weight excluding hydrogens is 949 g/mol. The molecule has 4 aliphatic heterocycles. The van der Waals surface area contributed by atoms with Gasteiger partial charge in [-0.15, -0.1) is 0 Å². The van der Waals surface area contributed by atoms with Crippen molar-refractivity contribution in [3.8, 4) is 5.88 Å². The van der Waals surface area contributed by atoms with Crippen LogP contribution in [0.15, 0.2) is 83.9 Å². The van der Waals surface area contributed by atoms with Gasteiger partial charge in [0.1, 0.15) is 23.1 Å². The first-order valence-electron chi connectivity index (χ1n) is 26.1. The Kier molecular flexibility index (Phi) is 13.0. The number of hydrogen-bond donors (Lipinski definition) is 4. The fourth-order valence-electron chi connectivity index (χ4n) is 12.7. The first-order chi connectivity index (χ1) is 34.9. The number of nitrogens with zero attached hydrogens (tertiary/aromatic N) is 5. The molecule has 6 aliphatic rings. The summed E-state index contributed by atoms with van der Waals surface area (Å²) in [5.74, 6) is -0.316. The number of sulfonamides is 1. The third kappa shape index (κ3) is 9.88. The number of carbonyl (C=O) groups excluding carboxylic acids is 1. The molecule has 4 N–H and O–H groups in total. The van der Waals surface area contributed by atoms with Gasteiger partial charge in [-0.05, 0) is 137 Å². The number of aryl methyl sites for hydroxylation is 1. The van der Waals surface area contributed by atoms with E-state index in [4.69, 9.17) is 19.2 Å². The van der Waals surface area contributed by atoms with Crippen LogP contribution in [0.1, 0.15) is 106 Å². The van der Waals surface area contributed by atoms with Crippen molar-refractivity contribution < 1.29 is 37.5 Å². The van der Waals surface area contributed by atoms with Crippen LogP contribution in [-0.4, -0.2) is 116 Å². The largest absolute Gasteiger partial charge is 0.468 e. The normalized spacial score (nSPS) is 26.3. The molecule has 11 rings (SSSR count). The standard InChI is InChI=1S/C55H68N8O9S/c1-35-7-5-6-8-41(35)48-31-71-34-53(2,3)33-61(48)39-28-55(29-39)19-22-60(23-20-55)38-9-11-42(45(26-38)62-44-16-24-70-32-49(44)72-52-47(62)25-37-15-21-56-50(37)58-52)51(64)59-73(68,69)40-10-12-43(46(27-40)63(66)67)57-30-36-13-17-54(4,65)18-14-36/h5-12,15,21,25-27,36,39,44,48-49,57,65H,13-14,16-20,22-24,28-34H2,1-4H3,(H,56,58)(H,59,64)/t36-,44-,48-,49-,54-/m0/s1. The lowest BCUT2D eigenvalue weighted by Crippen LogP contribution is -2.57. The molecule has 0 bridgehead atoms. The molecule has 5 fully saturated rings. The molecule has 0 unspecified atom stereocenters. The second-order valence-corrected chi connectivity index (χ2v) is 24.5. The smallest absolute Gasteiger partial charge is 0.293 e. The average Bonchev–Trinajstić information content (AvgIpc) is 3.75. The van der Waals surface area contributed by atoms with Crippen LogP contribution < -0.4 is 24.6 Å². The number of fused-ring (bicyclic) bond motifs is 3. The van der Waals surface area contributed by atoms with Crippen molar-refractivity contribution in [2.45, 2.75) is 120 Å². The van der Waals surface area contributed by atoms with Crippen molar-refractivity contribution >= 4 is 55.4 Å². The molecule has 73 heavy (non-hydrogen) atoms. The average molecular weight is 1020 g/mol. The summed E-state index contributed by atoms with van der Waals surface area (Å²) in [5, 5.41) is 26.8. The van der Waals surface area contributed by atoms with E-state index < -0.39 is 43.1 Å². The van der Waals surface area contributed by atoms with E-state index in [9.17, 15) is 28.4 Å². The monoisotopic (exact) mass is 1020 g/mol. The predicted molar refractivity (Wildman–Crippen MR) is 279 cm³/mol. The molecule has 5 aromatic rings. The summed E-state index contributed by atoms with van der Waals surface area (Å²) in [6.45, 7) is 13.9. The number of hydrogen-bond acceptors (Lipinski definition) is 14. The number of pyridine rings is 1. The number of H-pyrrole nitrogens is 1. The number of aromatic amines is 1. The van der Waals surface area contributed by atoms with E-state index in [1.54, 1.807) is 6.07 Å². The van der Waals surface area contributed by atoms with Gasteiger partial charge in [-0.2, -0.15) is 4.98 Å². The molecule has 2 aromatic heterocycles. The summed E-state index contributed by atoms with van der Waals surface area (Å²) in [4.78, 5) is 41.3. The lowest BCUT2D eigenvalue weighted by atomic mass is 9.59. The Labute approximate surface area is 427 Å². The molecule has 2 saturated carbocycles. The SMILES string of the molecule is Cc1ccccc1[C@@H]1COCC(C)(C)CN1C1CC2(CCN(c3ccc(C(=O)NS(=O)(=O)c4ccc(NC[C@H]5CC[C@](C)(O)CC5)c([N+](=O)[O-])c4)c(N4c5cc6cc[nH]c6nc5O[C@H]5COCC[C@@H]54)c3)CC2)C1. The minimum atomic E-state index is -4.62. The Balaban J connectivity index is 0.871. The third-order valence-electron chi connectivity index (χ3n) is 16.9. The van der Waals surface area contributed by atoms with Crippen molar-refractivity contribution in [1.82, 2.24) is 19.6 Å². The van der Waals surface area contributed by atoms with Gasteiger partial charge in [-0.3, -0.25) is 19.8 Å². The molecule has 17 nitrogen and oxygen atoms in total. The molecule has 2 aliphatic carbocycles. The highest BCUT2D eigenvalue weighted by Crippen LogP contribution is 2.54. The Morgan fingerprint density at radius 3 is 2.49 bits per heavy atom. The maximum Gasteiger partial charge on any atom is 0.293 e. The third-order valence-corrected chi connectivity index (χ3v) is 18.2. The highest BCUT2D eigenvalue weighted by molar-refractivity contribution is 7.90. The minimum Gasteiger partial charge on any atom is -0.468 e. The van der Waals surface area contributed by atoms with Gasteiger partial charge in [0.15, 0.2) is 0 Å². The molecule has 1 amide bonds. The van der Waals surface area contributed by atoms with Crippen molar-refractivity contribution in [3.05, 3.63) is 106 Å². The van der Waals surface area contributed by atoms with Gasteiger partial charge >= 0.3 is 0 Å². The van der Waals surface area contributed by atoms with Gasteiger partial charge in [0.2, 0.25) is 5.88 Å². The van der Waals surface area contributed by atoms with Crippen molar-refractivity contribution in [1.29, 1.82) is 0 Å². The van der Waals surface area contributed by atoms with Crippen LogP contribution in [0.5, 0.6) is 5.88 Å². The zero-order chi connectivity index (χ0) is 50.9. The van der Waals surface area contributed by atoms with Crippen molar-refractivity contribution in [2.24, 2.45) is 16.7 Å². The number of amides is 1. The molecular formula is C55H68N8O9S. The number of nitrogens with one attached hydrogen (secondary N) is 3. The number of aliphatic hydroxyl groups is 1. The maximum atomic E-state index is 14.7. The van der Waals surface area contributed by atoms with Crippen LogP contribution >= 0.6 is 0 Å². The second kappa shape index (κ2) is 19.2. The number of piperidine rings is 1. The van der Waals surface area contributed by atoms with Gasteiger partial charge in [-0.1, -0.05) is 38.1 Å². The summed E-state index contributed by atoms with van der Waals surface area (Å²) >= 11 is 0.